The van der Waals surface area contributed by atoms with Crippen LogP contribution in [0.4, 0.5) is 0 Å². The number of rotatable bonds is 4. The Bertz CT molecular complexity index is 488. The number of benzene rings is 1. The van der Waals surface area contributed by atoms with Gasteiger partial charge in [-0.2, -0.15) is 0 Å². The minimum absolute atomic E-state index is 0.129. The van der Waals surface area contributed by atoms with Crippen LogP contribution in [0.15, 0.2) is 47.4 Å². The topological polar surface area (TPSA) is 60.4 Å². The molecule has 0 amide bonds. The minimum atomic E-state index is -3.57. The molecule has 0 N–H and O–H groups in total. The Hall–Kier alpha value is -1.62. The molecule has 5 heteroatoms. The molecule has 1 aromatic carbocycles. The molecule has 0 aliphatic carbocycles. The summed E-state index contributed by atoms with van der Waals surface area (Å²) in [6.45, 7) is 4.81. The molecule has 86 valence electrons. The average molecular weight is 240 g/mol. The lowest BCUT2D eigenvalue weighted by atomic mass is 10.4. The van der Waals surface area contributed by atoms with Crippen LogP contribution in [0.1, 0.15) is 6.92 Å². The lowest BCUT2D eigenvalue weighted by molar-refractivity contribution is -0.136. The maximum absolute atomic E-state index is 11.7. The van der Waals surface area contributed by atoms with E-state index in [4.69, 9.17) is 0 Å². The summed E-state index contributed by atoms with van der Waals surface area (Å²) in [6.07, 6.45) is 0. The summed E-state index contributed by atoms with van der Waals surface area (Å²) in [5.74, 6) is -1.37. The third-order valence-electron chi connectivity index (χ3n) is 1.80. The van der Waals surface area contributed by atoms with Crippen molar-refractivity contribution >= 4 is 15.8 Å². The van der Waals surface area contributed by atoms with Gasteiger partial charge in [0.2, 0.25) is 9.84 Å². The van der Waals surface area contributed by atoms with E-state index in [0.717, 1.165) is 0 Å². The standard InChI is InChI=1S/C11H12O4S/c1-9(2)11(12)15-8-16(13,14)10-6-4-3-5-7-10/h3-7H,1,8H2,2H3. The van der Waals surface area contributed by atoms with Crippen LogP contribution >= 0.6 is 0 Å². The second-order valence-corrected chi connectivity index (χ2v) is 5.19. The molecule has 0 saturated heterocycles. The molecule has 16 heavy (non-hydrogen) atoms. The van der Waals surface area contributed by atoms with Crippen molar-refractivity contribution in [2.24, 2.45) is 0 Å². The van der Waals surface area contributed by atoms with Crippen molar-refractivity contribution in [3.8, 4) is 0 Å². The number of hydrogen-bond donors (Lipinski definition) is 0. The molecule has 4 nitrogen and oxygen atoms in total. The summed E-state index contributed by atoms with van der Waals surface area (Å²) in [4.78, 5) is 11.2. The molecule has 0 saturated carbocycles. The first-order valence-electron chi connectivity index (χ1n) is 4.54. The molecule has 0 atom stereocenters. The molecule has 0 radical (unpaired) electrons. The summed E-state index contributed by atoms with van der Waals surface area (Å²) in [6, 6.07) is 7.81. The first-order chi connectivity index (χ1) is 7.43. The number of carbonyl (C=O) groups excluding carboxylic acids is 1. The monoisotopic (exact) mass is 240 g/mol. The largest absolute Gasteiger partial charge is 0.446 e. The van der Waals surface area contributed by atoms with Crippen LogP contribution < -0.4 is 0 Å². The van der Waals surface area contributed by atoms with Crippen LogP contribution in [0.2, 0.25) is 0 Å². The van der Waals surface area contributed by atoms with Gasteiger partial charge in [0.1, 0.15) is 0 Å². The van der Waals surface area contributed by atoms with Crippen molar-refractivity contribution in [2.45, 2.75) is 11.8 Å². The van der Waals surface area contributed by atoms with E-state index >= 15 is 0 Å². The van der Waals surface area contributed by atoms with Crippen LogP contribution in [0, 0.1) is 0 Å². The lowest BCUT2D eigenvalue weighted by Gasteiger charge is -2.05. The zero-order valence-corrected chi connectivity index (χ0v) is 9.66. The van der Waals surface area contributed by atoms with Crippen molar-refractivity contribution in [1.82, 2.24) is 0 Å². The Morgan fingerprint density at radius 1 is 1.31 bits per heavy atom. The van der Waals surface area contributed by atoms with Crippen molar-refractivity contribution < 1.29 is 17.9 Å². The van der Waals surface area contributed by atoms with Crippen molar-refractivity contribution in [3.05, 3.63) is 42.5 Å². The SMILES string of the molecule is C=C(C)C(=O)OCS(=O)(=O)c1ccccc1. The van der Waals surface area contributed by atoms with Crippen LogP contribution in [0.5, 0.6) is 0 Å². The van der Waals surface area contributed by atoms with Crippen LogP contribution in [0.3, 0.4) is 0 Å². The highest BCUT2D eigenvalue weighted by Gasteiger charge is 2.16. The van der Waals surface area contributed by atoms with E-state index in [1.807, 2.05) is 0 Å². The zero-order chi connectivity index (χ0) is 12.2. The molecule has 0 aliphatic rings. The fourth-order valence-electron chi connectivity index (χ4n) is 0.950. The highest BCUT2D eigenvalue weighted by molar-refractivity contribution is 7.91. The van der Waals surface area contributed by atoms with Gasteiger partial charge in [-0.05, 0) is 19.1 Å². The van der Waals surface area contributed by atoms with Crippen molar-refractivity contribution in [1.29, 1.82) is 0 Å². The quantitative estimate of drug-likeness (QED) is 0.591. The lowest BCUT2D eigenvalue weighted by Crippen LogP contribution is -2.14. The van der Waals surface area contributed by atoms with Crippen molar-refractivity contribution in [2.75, 3.05) is 5.94 Å². The normalized spacial score (nSPS) is 10.8. The van der Waals surface area contributed by atoms with Crippen LogP contribution in [-0.2, 0) is 19.4 Å². The van der Waals surface area contributed by atoms with Crippen molar-refractivity contribution in [3.63, 3.8) is 0 Å². The van der Waals surface area contributed by atoms with E-state index in [2.05, 4.69) is 11.3 Å². The molecule has 0 aliphatic heterocycles. The maximum atomic E-state index is 11.7. The second-order valence-electron chi connectivity index (χ2n) is 3.26. The van der Waals surface area contributed by atoms with Crippen LogP contribution in [-0.4, -0.2) is 20.3 Å². The highest BCUT2D eigenvalue weighted by Crippen LogP contribution is 2.10. The Balaban J connectivity index is 2.75. The number of carbonyl (C=O) groups is 1. The Morgan fingerprint density at radius 2 is 1.88 bits per heavy atom. The van der Waals surface area contributed by atoms with Gasteiger partial charge in [0.25, 0.3) is 0 Å². The van der Waals surface area contributed by atoms with Crippen LogP contribution in [0.25, 0.3) is 0 Å². The predicted molar refractivity (Wildman–Crippen MR) is 59.4 cm³/mol. The third kappa shape index (κ3) is 3.20. The van der Waals surface area contributed by atoms with Gasteiger partial charge < -0.3 is 4.74 Å². The Labute approximate surface area is 94.5 Å². The number of hydrogen-bond acceptors (Lipinski definition) is 4. The average Bonchev–Trinajstić information content (AvgIpc) is 2.27. The molecule has 1 aromatic rings. The maximum Gasteiger partial charge on any atom is 0.334 e. The summed E-state index contributed by atoms with van der Waals surface area (Å²) in [5.41, 5.74) is 0.170. The molecule has 0 heterocycles. The van der Waals surface area contributed by atoms with E-state index in [1.165, 1.54) is 19.1 Å². The van der Waals surface area contributed by atoms with Gasteiger partial charge >= 0.3 is 5.97 Å². The molecule has 0 unspecified atom stereocenters. The third-order valence-corrected chi connectivity index (χ3v) is 3.21. The van der Waals surface area contributed by atoms with E-state index in [1.54, 1.807) is 18.2 Å². The summed E-state index contributed by atoms with van der Waals surface area (Å²) in [5, 5.41) is 0. The molecule has 0 spiro atoms. The van der Waals surface area contributed by atoms with Gasteiger partial charge in [0.15, 0.2) is 5.94 Å². The Morgan fingerprint density at radius 3 is 2.38 bits per heavy atom. The smallest absolute Gasteiger partial charge is 0.334 e. The number of ether oxygens (including phenoxy) is 1. The van der Waals surface area contributed by atoms with E-state index in [-0.39, 0.29) is 10.5 Å². The fraction of sp³-hybridized carbons (Fsp3) is 0.182. The molecule has 1 rings (SSSR count). The Kier molecular flexibility index (Phi) is 3.84. The summed E-state index contributed by atoms with van der Waals surface area (Å²) < 4.78 is 27.9. The molecule has 0 bridgehead atoms. The molecule has 0 aromatic heterocycles. The fourth-order valence-corrected chi connectivity index (χ4v) is 1.92. The summed E-state index contributed by atoms with van der Waals surface area (Å²) >= 11 is 0. The minimum Gasteiger partial charge on any atom is -0.446 e. The van der Waals surface area contributed by atoms with Gasteiger partial charge in [-0.3, -0.25) is 0 Å². The van der Waals surface area contributed by atoms with Gasteiger partial charge in [-0.25, -0.2) is 13.2 Å². The summed E-state index contributed by atoms with van der Waals surface area (Å²) in [7, 11) is -3.57. The second kappa shape index (κ2) is 4.94. The predicted octanol–water partition coefficient (Wildman–Crippen LogP) is 1.54. The van der Waals surface area contributed by atoms with E-state index in [9.17, 15) is 13.2 Å². The van der Waals surface area contributed by atoms with Gasteiger partial charge in [-0.1, -0.05) is 24.8 Å². The van der Waals surface area contributed by atoms with E-state index < -0.39 is 21.7 Å². The van der Waals surface area contributed by atoms with Gasteiger partial charge in [-0.15, -0.1) is 0 Å². The molecular formula is C11H12O4S. The zero-order valence-electron chi connectivity index (χ0n) is 8.84. The molecule has 0 fully saturated rings. The van der Waals surface area contributed by atoms with E-state index in [0.29, 0.717) is 0 Å². The molecular weight excluding hydrogens is 228 g/mol. The highest BCUT2D eigenvalue weighted by atomic mass is 32.2. The first kappa shape index (κ1) is 12.4. The first-order valence-corrected chi connectivity index (χ1v) is 6.19. The number of sulfone groups is 1. The van der Waals surface area contributed by atoms with Gasteiger partial charge in [0.05, 0.1) is 4.90 Å². The van der Waals surface area contributed by atoms with Gasteiger partial charge in [0, 0.05) is 5.57 Å². The number of esters is 1.